The van der Waals surface area contributed by atoms with E-state index >= 15 is 0 Å². The van der Waals surface area contributed by atoms with Gasteiger partial charge in [-0.05, 0) is 47.6 Å². The number of aliphatic imine (C=N–C) groups is 1. The second-order valence-electron chi connectivity index (χ2n) is 5.31. The van der Waals surface area contributed by atoms with Crippen molar-refractivity contribution >= 4 is 57.6 Å². The average Bonchev–Trinajstić information content (AvgIpc) is 2.48. The van der Waals surface area contributed by atoms with E-state index in [1.807, 2.05) is 22.6 Å². The number of carboxylic acid groups (broad SMARTS) is 1. The van der Waals surface area contributed by atoms with Gasteiger partial charge in [0, 0.05) is 11.6 Å². The largest absolute Gasteiger partial charge is 0.508 e. The Morgan fingerprint density at radius 3 is 2.64 bits per heavy atom. The van der Waals surface area contributed by atoms with E-state index in [0.717, 1.165) is 12.8 Å². The van der Waals surface area contributed by atoms with Gasteiger partial charge in [-0.2, -0.15) is 5.26 Å². The highest BCUT2D eigenvalue weighted by atomic mass is 127. The number of ether oxygens (including phenoxy) is 1. The molecule has 0 bridgehead atoms. The molecule has 22 heavy (non-hydrogen) atoms. The molecule has 0 aromatic rings. The maximum atomic E-state index is 11.2. The lowest BCUT2D eigenvalue weighted by atomic mass is 9.86. The number of carbonyl (C=O) groups is 1. The van der Waals surface area contributed by atoms with Gasteiger partial charge in [-0.15, -0.1) is 0 Å². The SMILES string of the molecule is CCC(C)(C=NC1(OC(=O)O)C(I)=CC(C#N)=CC1I)CC. The maximum Gasteiger partial charge on any atom is 0.508 e. The third-order valence-corrected chi connectivity index (χ3v) is 6.17. The van der Waals surface area contributed by atoms with Crippen LogP contribution in [0.4, 0.5) is 4.79 Å². The number of alkyl halides is 1. The summed E-state index contributed by atoms with van der Waals surface area (Å²) in [5, 5.41) is 18.2. The third kappa shape index (κ3) is 4.22. The minimum Gasteiger partial charge on any atom is -0.450 e. The van der Waals surface area contributed by atoms with Gasteiger partial charge in [-0.3, -0.25) is 0 Å². The Morgan fingerprint density at radius 1 is 1.64 bits per heavy atom. The Kier molecular flexibility index (Phi) is 6.85. The van der Waals surface area contributed by atoms with Crippen molar-refractivity contribution in [1.29, 1.82) is 5.26 Å². The van der Waals surface area contributed by atoms with Crippen LogP contribution in [0.2, 0.25) is 0 Å². The van der Waals surface area contributed by atoms with E-state index in [2.05, 4.69) is 54.4 Å². The van der Waals surface area contributed by atoms with Gasteiger partial charge in [0.25, 0.3) is 5.72 Å². The topological polar surface area (TPSA) is 82.7 Å². The maximum absolute atomic E-state index is 11.2. The van der Waals surface area contributed by atoms with Crippen LogP contribution >= 0.6 is 45.2 Å². The summed E-state index contributed by atoms with van der Waals surface area (Å²) in [7, 11) is 0. The predicted molar refractivity (Wildman–Crippen MR) is 103 cm³/mol. The molecular weight excluding hydrogens is 510 g/mol. The first-order valence-corrected chi connectivity index (χ1v) is 9.17. The Morgan fingerprint density at radius 2 is 2.23 bits per heavy atom. The van der Waals surface area contributed by atoms with E-state index in [-0.39, 0.29) is 9.34 Å². The summed E-state index contributed by atoms with van der Waals surface area (Å²) >= 11 is 4.06. The molecule has 0 amide bonds. The summed E-state index contributed by atoms with van der Waals surface area (Å²) in [6, 6.07) is 2.07. The molecule has 7 heteroatoms. The summed E-state index contributed by atoms with van der Waals surface area (Å²) < 4.78 is 5.36. The van der Waals surface area contributed by atoms with Gasteiger partial charge < -0.3 is 9.84 Å². The van der Waals surface area contributed by atoms with Crippen LogP contribution in [0.1, 0.15) is 33.6 Å². The van der Waals surface area contributed by atoms with Gasteiger partial charge in [0.05, 0.1) is 19.1 Å². The zero-order valence-electron chi connectivity index (χ0n) is 12.6. The van der Waals surface area contributed by atoms with Gasteiger partial charge in [0.1, 0.15) is 0 Å². The van der Waals surface area contributed by atoms with Crippen LogP contribution in [0.3, 0.4) is 0 Å². The number of rotatable bonds is 5. The first kappa shape index (κ1) is 19.4. The lowest BCUT2D eigenvalue weighted by Gasteiger charge is -2.35. The van der Waals surface area contributed by atoms with Crippen LogP contribution in [0, 0.1) is 16.7 Å². The lowest BCUT2D eigenvalue weighted by molar-refractivity contribution is 0.0199. The van der Waals surface area contributed by atoms with Crippen LogP contribution in [0.25, 0.3) is 0 Å². The number of halogens is 2. The number of nitriles is 1. The first-order chi connectivity index (χ1) is 10.2. The van der Waals surface area contributed by atoms with Crippen molar-refractivity contribution in [1.82, 2.24) is 0 Å². The van der Waals surface area contributed by atoms with E-state index in [4.69, 9.17) is 15.1 Å². The second-order valence-corrected chi connectivity index (χ2v) is 7.82. The molecule has 2 unspecified atom stereocenters. The summed E-state index contributed by atoms with van der Waals surface area (Å²) in [5.41, 5.74) is -0.961. The molecule has 120 valence electrons. The first-order valence-electron chi connectivity index (χ1n) is 6.85. The van der Waals surface area contributed by atoms with Crippen molar-refractivity contribution in [2.24, 2.45) is 10.4 Å². The second kappa shape index (κ2) is 7.77. The molecule has 0 spiro atoms. The highest BCUT2D eigenvalue weighted by Crippen LogP contribution is 2.42. The van der Waals surface area contributed by atoms with Gasteiger partial charge in [0.2, 0.25) is 0 Å². The van der Waals surface area contributed by atoms with Crippen molar-refractivity contribution in [3.8, 4) is 6.07 Å². The van der Waals surface area contributed by atoms with Gasteiger partial charge >= 0.3 is 6.16 Å². The molecule has 2 atom stereocenters. The van der Waals surface area contributed by atoms with E-state index < -0.39 is 11.9 Å². The van der Waals surface area contributed by atoms with Gasteiger partial charge in [0.15, 0.2) is 0 Å². The number of hydrogen-bond acceptors (Lipinski definition) is 4. The summed E-state index contributed by atoms with van der Waals surface area (Å²) in [4.78, 5) is 15.7. The molecule has 1 aliphatic carbocycles. The van der Waals surface area contributed by atoms with Gasteiger partial charge in [-0.25, -0.2) is 9.79 Å². The highest BCUT2D eigenvalue weighted by Gasteiger charge is 2.46. The monoisotopic (exact) mass is 528 g/mol. The lowest BCUT2D eigenvalue weighted by Crippen LogP contribution is -2.43. The smallest absolute Gasteiger partial charge is 0.450 e. The molecule has 1 aliphatic rings. The van der Waals surface area contributed by atoms with Gasteiger partial charge in [-0.1, -0.05) is 43.4 Å². The van der Waals surface area contributed by atoms with E-state index in [1.165, 1.54) is 0 Å². The zero-order valence-corrected chi connectivity index (χ0v) is 17.0. The van der Waals surface area contributed by atoms with Crippen molar-refractivity contribution in [3.05, 3.63) is 21.3 Å². The number of hydrogen-bond donors (Lipinski definition) is 1. The Bertz CT molecular complexity index is 574. The summed E-state index contributed by atoms with van der Waals surface area (Å²) in [6.45, 7) is 6.21. The fourth-order valence-electron chi connectivity index (χ4n) is 1.84. The van der Waals surface area contributed by atoms with Crippen molar-refractivity contribution in [2.45, 2.75) is 43.3 Å². The Labute approximate surface area is 157 Å². The molecule has 0 fully saturated rings. The molecule has 0 aliphatic heterocycles. The van der Waals surface area contributed by atoms with Crippen LogP contribution < -0.4 is 0 Å². The summed E-state index contributed by atoms with van der Waals surface area (Å²) in [5.74, 6) is 0. The predicted octanol–water partition coefficient (Wildman–Crippen LogP) is 4.86. The molecule has 0 saturated carbocycles. The molecule has 1 N–H and O–H groups in total. The Hall–Kier alpha value is -0.630. The number of nitrogens with zero attached hydrogens (tertiary/aromatic N) is 2. The normalized spacial score (nSPS) is 25.4. The van der Waals surface area contributed by atoms with Crippen LogP contribution in [0.5, 0.6) is 0 Å². The highest BCUT2D eigenvalue weighted by molar-refractivity contribution is 14.1. The molecule has 0 saturated heterocycles. The quantitative estimate of drug-likeness (QED) is 0.239. The molecule has 0 aromatic carbocycles. The van der Waals surface area contributed by atoms with Crippen LogP contribution in [0.15, 0.2) is 26.3 Å². The fourth-order valence-corrected chi connectivity index (χ4v) is 4.37. The fraction of sp³-hybridized carbons (Fsp3) is 0.533. The minimum absolute atomic E-state index is 0.124. The average molecular weight is 528 g/mol. The minimum atomic E-state index is -1.38. The number of allylic oxidation sites excluding steroid dienone is 2. The zero-order chi connectivity index (χ0) is 17.0. The van der Waals surface area contributed by atoms with E-state index in [1.54, 1.807) is 18.4 Å². The molecule has 5 nitrogen and oxygen atoms in total. The van der Waals surface area contributed by atoms with Crippen LogP contribution in [-0.4, -0.2) is 27.1 Å². The van der Waals surface area contributed by atoms with Crippen LogP contribution in [-0.2, 0) is 4.74 Å². The molecular formula is C15H18I2N2O3. The Balaban J connectivity index is 3.32. The molecule has 1 rings (SSSR count). The van der Waals surface area contributed by atoms with Crippen molar-refractivity contribution < 1.29 is 14.6 Å². The van der Waals surface area contributed by atoms with E-state index in [0.29, 0.717) is 9.15 Å². The summed E-state index contributed by atoms with van der Waals surface area (Å²) in [6.07, 6.45) is 5.48. The third-order valence-electron chi connectivity index (χ3n) is 3.88. The van der Waals surface area contributed by atoms with Crippen molar-refractivity contribution in [3.63, 3.8) is 0 Å². The molecule has 0 heterocycles. The van der Waals surface area contributed by atoms with Crippen molar-refractivity contribution in [2.75, 3.05) is 0 Å². The molecule has 0 aromatic heterocycles. The standard InChI is InChI=1S/C15H18I2N2O3/c1-4-14(3,5-2)9-19-15(22-13(20)21)11(16)6-10(8-18)7-12(15)17/h6-7,9,11H,4-5H2,1-3H3,(H,20,21). The van der Waals surface area contributed by atoms with E-state index in [9.17, 15) is 4.79 Å². The molecule has 0 radical (unpaired) electrons.